The molecule has 0 bridgehead atoms. The van der Waals surface area contributed by atoms with E-state index in [2.05, 4.69) is 16.9 Å². The van der Waals surface area contributed by atoms with Gasteiger partial charge in [0.15, 0.2) is 0 Å². The van der Waals surface area contributed by atoms with Gasteiger partial charge in [0.25, 0.3) is 0 Å². The lowest BCUT2D eigenvalue weighted by molar-refractivity contribution is 0.0730. The Kier molecular flexibility index (Phi) is 5.64. The second-order valence-corrected chi connectivity index (χ2v) is 11.4. The molecule has 31 heavy (non-hydrogen) atoms. The monoisotopic (exact) mass is 479 g/mol. The zero-order valence-electron chi connectivity index (χ0n) is 17.0. The van der Waals surface area contributed by atoms with Gasteiger partial charge in [-0.1, -0.05) is 18.5 Å². The molecule has 1 unspecified atom stereocenters. The van der Waals surface area contributed by atoms with Crippen LogP contribution in [0.3, 0.4) is 0 Å². The molecule has 1 atom stereocenters. The van der Waals surface area contributed by atoms with E-state index in [1.807, 2.05) is 0 Å². The second-order valence-electron chi connectivity index (χ2n) is 7.92. The molecule has 1 aliphatic carbocycles. The summed E-state index contributed by atoms with van der Waals surface area (Å²) in [6.45, 7) is 3.71. The van der Waals surface area contributed by atoms with Crippen LogP contribution in [-0.4, -0.2) is 49.0 Å². The van der Waals surface area contributed by atoms with E-state index in [4.69, 9.17) is 21.1 Å². The molecule has 3 heterocycles. The van der Waals surface area contributed by atoms with Crippen LogP contribution in [0.4, 0.5) is 0 Å². The van der Waals surface area contributed by atoms with Gasteiger partial charge in [-0.15, -0.1) is 11.3 Å². The molecule has 164 valence electrons. The van der Waals surface area contributed by atoms with Crippen molar-refractivity contribution in [2.45, 2.75) is 31.1 Å². The zero-order valence-corrected chi connectivity index (χ0v) is 19.4. The number of thiophene rings is 1. The number of benzene rings is 1. The van der Waals surface area contributed by atoms with E-state index in [1.165, 1.54) is 33.2 Å². The van der Waals surface area contributed by atoms with Crippen molar-refractivity contribution in [3.63, 3.8) is 0 Å². The predicted molar refractivity (Wildman–Crippen MR) is 120 cm³/mol. The minimum absolute atomic E-state index is 0.140. The van der Waals surface area contributed by atoms with Crippen LogP contribution < -0.4 is 4.74 Å². The van der Waals surface area contributed by atoms with Crippen LogP contribution in [0, 0.1) is 5.92 Å². The Balaban J connectivity index is 1.47. The van der Waals surface area contributed by atoms with Gasteiger partial charge in [0.05, 0.1) is 28.5 Å². The lowest BCUT2D eigenvalue weighted by Crippen LogP contribution is -2.40. The van der Waals surface area contributed by atoms with E-state index in [9.17, 15) is 8.42 Å². The molecule has 0 amide bonds. The first-order valence-electron chi connectivity index (χ1n) is 10.2. The van der Waals surface area contributed by atoms with Crippen molar-refractivity contribution in [2.24, 2.45) is 5.92 Å². The first-order chi connectivity index (χ1) is 14.9. The number of rotatable bonds is 4. The number of hydrogen-bond acceptors (Lipinski definition) is 7. The topological polar surface area (TPSA) is 81.6 Å². The first-order valence-corrected chi connectivity index (χ1v) is 12.9. The van der Waals surface area contributed by atoms with Gasteiger partial charge in [-0.3, -0.25) is 0 Å². The maximum absolute atomic E-state index is 12.9. The number of halogens is 1. The first kappa shape index (κ1) is 21.1. The van der Waals surface area contributed by atoms with E-state index in [-0.39, 0.29) is 9.92 Å². The molecule has 2 aromatic heterocycles. The summed E-state index contributed by atoms with van der Waals surface area (Å²) >= 11 is 8.13. The summed E-state index contributed by atoms with van der Waals surface area (Å²) in [5.41, 5.74) is 1.26. The van der Waals surface area contributed by atoms with Crippen LogP contribution in [0.2, 0.25) is 5.02 Å². The van der Waals surface area contributed by atoms with Crippen LogP contribution in [0.15, 0.2) is 29.4 Å². The summed E-state index contributed by atoms with van der Waals surface area (Å²) in [6.07, 6.45) is 4.64. The van der Waals surface area contributed by atoms with Crippen LogP contribution >= 0.6 is 22.9 Å². The lowest BCUT2D eigenvalue weighted by Gasteiger charge is -2.26. The Morgan fingerprint density at radius 3 is 2.84 bits per heavy atom. The molecular weight excluding hydrogens is 458 g/mol. The number of hydrogen-bond donors (Lipinski definition) is 0. The largest absolute Gasteiger partial charge is 0.437 e. The molecular formula is C21H22ClN3O4S2. The third-order valence-electron chi connectivity index (χ3n) is 5.77. The molecule has 2 aliphatic rings. The average Bonchev–Trinajstić information content (AvgIpc) is 3.14. The van der Waals surface area contributed by atoms with Gasteiger partial charge in [-0.2, -0.15) is 4.31 Å². The van der Waals surface area contributed by atoms with E-state index in [0.717, 1.165) is 29.5 Å². The fraction of sp³-hybridized carbons (Fsp3) is 0.429. The van der Waals surface area contributed by atoms with E-state index in [0.29, 0.717) is 43.9 Å². The molecule has 0 radical (unpaired) electrons. The Morgan fingerprint density at radius 2 is 2.06 bits per heavy atom. The van der Waals surface area contributed by atoms with Crippen LogP contribution in [0.25, 0.3) is 10.2 Å². The number of aryl methyl sites for hydroxylation is 1. The Labute approximate surface area is 190 Å². The van der Waals surface area contributed by atoms with Crippen molar-refractivity contribution in [1.29, 1.82) is 0 Å². The molecule has 1 fully saturated rings. The molecule has 0 saturated carbocycles. The molecule has 0 spiro atoms. The van der Waals surface area contributed by atoms with Crippen molar-refractivity contribution in [3.8, 4) is 11.6 Å². The Morgan fingerprint density at radius 1 is 1.26 bits per heavy atom. The van der Waals surface area contributed by atoms with Gasteiger partial charge in [0, 0.05) is 18.0 Å². The molecule has 0 N–H and O–H groups in total. The third-order valence-corrected chi connectivity index (χ3v) is 9.13. The Bertz CT molecular complexity index is 1240. The second kappa shape index (κ2) is 8.29. The summed E-state index contributed by atoms with van der Waals surface area (Å²) in [5, 5.41) is 1.16. The highest BCUT2D eigenvalue weighted by atomic mass is 35.5. The fourth-order valence-corrected chi connectivity index (χ4v) is 7.15. The standard InChI is InChI=1S/C21H22ClN3O4S2/c1-13-2-4-15-18(10-13)30-21-19(15)20(23-12-24-21)29-17-5-3-14(11-16(17)22)31(26,27)25-6-8-28-9-7-25/h3,5,11-13H,2,4,6-10H2,1H3. The number of ether oxygens (including phenoxy) is 2. The number of fused-ring (bicyclic) bond motifs is 3. The number of nitrogens with zero attached hydrogens (tertiary/aromatic N) is 3. The van der Waals surface area contributed by atoms with E-state index < -0.39 is 10.0 Å². The number of morpholine rings is 1. The summed E-state index contributed by atoms with van der Waals surface area (Å²) < 4.78 is 38.5. The quantitative estimate of drug-likeness (QED) is 0.555. The van der Waals surface area contributed by atoms with Crippen molar-refractivity contribution in [2.75, 3.05) is 26.3 Å². The van der Waals surface area contributed by atoms with Crippen molar-refractivity contribution in [3.05, 3.63) is 40.0 Å². The number of aromatic nitrogens is 2. The van der Waals surface area contributed by atoms with Crippen LogP contribution in [0.5, 0.6) is 11.6 Å². The Hall–Kier alpha value is -1.78. The molecule has 5 rings (SSSR count). The fourth-order valence-electron chi connectivity index (χ4n) is 4.09. The lowest BCUT2D eigenvalue weighted by atomic mass is 9.89. The summed E-state index contributed by atoms with van der Waals surface area (Å²) in [4.78, 5) is 11.2. The van der Waals surface area contributed by atoms with Gasteiger partial charge in [0.1, 0.15) is 16.9 Å². The van der Waals surface area contributed by atoms with Crippen molar-refractivity contribution >= 4 is 43.2 Å². The smallest absolute Gasteiger partial charge is 0.243 e. The molecule has 1 aromatic carbocycles. The zero-order chi connectivity index (χ0) is 21.6. The molecule has 3 aromatic rings. The minimum Gasteiger partial charge on any atom is -0.437 e. The van der Waals surface area contributed by atoms with Gasteiger partial charge in [-0.05, 0) is 48.9 Å². The number of sulfonamides is 1. The van der Waals surface area contributed by atoms with Gasteiger partial charge < -0.3 is 9.47 Å². The maximum atomic E-state index is 12.9. The van der Waals surface area contributed by atoms with Gasteiger partial charge in [-0.25, -0.2) is 18.4 Å². The third kappa shape index (κ3) is 3.93. The normalized spacial score (nSPS) is 20.0. The van der Waals surface area contributed by atoms with E-state index in [1.54, 1.807) is 17.4 Å². The minimum atomic E-state index is -3.63. The molecule has 10 heteroatoms. The van der Waals surface area contributed by atoms with Crippen LogP contribution in [-0.2, 0) is 27.6 Å². The molecule has 1 aliphatic heterocycles. The summed E-state index contributed by atoms with van der Waals surface area (Å²) in [5.74, 6) is 1.49. The average molecular weight is 480 g/mol. The summed E-state index contributed by atoms with van der Waals surface area (Å²) in [7, 11) is -3.63. The van der Waals surface area contributed by atoms with E-state index >= 15 is 0 Å². The van der Waals surface area contributed by atoms with Crippen molar-refractivity contribution in [1.82, 2.24) is 14.3 Å². The van der Waals surface area contributed by atoms with Gasteiger partial charge >= 0.3 is 0 Å². The predicted octanol–water partition coefficient (Wildman–Crippen LogP) is 4.28. The molecule has 1 saturated heterocycles. The van der Waals surface area contributed by atoms with Crippen molar-refractivity contribution < 1.29 is 17.9 Å². The SMILES string of the molecule is CC1CCc2c(sc3ncnc(Oc4ccc(S(=O)(=O)N5CCOCC5)cc4Cl)c23)C1. The highest BCUT2D eigenvalue weighted by molar-refractivity contribution is 7.89. The maximum Gasteiger partial charge on any atom is 0.243 e. The summed E-state index contributed by atoms with van der Waals surface area (Å²) in [6, 6.07) is 4.55. The molecule has 7 nitrogen and oxygen atoms in total. The van der Waals surface area contributed by atoms with Gasteiger partial charge in [0.2, 0.25) is 15.9 Å². The van der Waals surface area contributed by atoms with Crippen LogP contribution in [0.1, 0.15) is 23.8 Å². The highest BCUT2D eigenvalue weighted by Crippen LogP contribution is 2.42. The highest BCUT2D eigenvalue weighted by Gasteiger charge is 2.28.